The molecule has 110 valence electrons. The van der Waals surface area contributed by atoms with E-state index in [0.717, 1.165) is 12.0 Å². The molecule has 0 radical (unpaired) electrons. The average molecular weight is 281 g/mol. The van der Waals surface area contributed by atoms with Gasteiger partial charge >= 0.3 is 5.97 Å². The molecule has 0 bridgehead atoms. The number of hydrogen-bond acceptors (Lipinski definition) is 3. The van der Waals surface area contributed by atoms with E-state index in [1.165, 1.54) is 19.2 Å². The van der Waals surface area contributed by atoms with Crippen LogP contribution in [0.25, 0.3) is 0 Å². The largest absolute Gasteiger partial charge is 0.469 e. The van der Waals surface area contributed by atoms with Crippen molar-refractivity contribution < 1.29 is 13.9 Å². The van der Waals surface area contributed by atoms with Crippen LogP contribution in [-0.4, -0.2) is 39.2 Å². The van der Waals surface area contributed by atoms with Gasteiger partial charge in [0.2, 0.25) is 0 Å². The smallest absolute Gasteiger partial charge is 0.307 e. The maximum Gasteiger partial charge on any atom is 0.307 e. The second-order valence-corrected chi connectivity index (χ2v) is 4.13. The van der Waals surface area contributed by atoms with Gasteiger partial charge in [-0.1, -0.05) is 12.1 Å². The number of guanidine groups is 1. The van der Waals surface area contributed by atoms with E-state index in [9.17, 15) is 9.18 Å². The molecule has 1 aromatic rings. The first kappa shape index (κ1) is 15.9. The normalized spacial score (nSPS) is 11.1. The van der Waals surface area contributed by atoms with Crippen LogP contribution in [0.15, 0.2) is 29.3 Å². The van der Waals surface area contributed by atoms with Gasteiger partial charge in [0.15, 0.2) is 5.96 Å². The van der Waals surface area contributed by atoms with Gasteiger partial charge < -0.3 is 15.4 Å². The van der Waals surface area contributed by atoms with Gasteiger partial charge in [-0.05, 0) is 24.1 Å². The Morgan fingerprint density at radius 1 is 1.25 bits per heavy atom. The lowest BCUT2D eigenvalue weighted by molar-refractivity contribution is -0.140. The monoisotopic (exact) mass is 281 g/mol. The molecular weight excluding hydrogens is 261 g/mol. The number of methoxy groups -OCH3 is 1. The minimum absolute atomic E-state index is 0.234. The van der Waals surface area contributed by atoms with Crippen molar-refractivity contribution in [1.29, 1.82) is 0 Å². The average Bonchev–Trinajstić information content (AvgIpc) is 2.47. The number of aliphatic imine (C=N–C) groups is 1. The summed E-state index contributed by atoms with van der Waals surface area (Å²) < 4.78 is 17.3. The number of nitrogens with zero attached hydrogens (tertiary/aromatic N) is 1. The highest BCUT2D eigenvalue weighted by molar-refractivity contribution is 5.80. The van der Waals surface area contributed by atoms with E-state index >= 15 is 0 Å². The molecule has 0 aliphatic heterocycles. The first-order valence-electron chi connectivity index (χ1n) is 6.41. The van der Waals surface area contributed by atoms with E-state index in [4.69, 9.17) is 0 Å². The van der Waals surface area contributed by atoms with Crippen molar-refractivity contribution in [2.75, 3.05) is 27.2 Å². The fraction of sp³-hybridized carbons (Fsp3) is 0.429. The Hall–Kier alpha value is -2.11. The summed E-state index contributed by atoms with van der Waals surface area (Å²) in [6.45, 7) is 1.13. The van der Waals surface area contributed by atoms with Crippen molar-refractivity contribution in [2.24, 2.45) is 4.99 Å². The number of benzene rings is 1. The van der Waals surface area contributed by atoms with Gasteiger partial charge in [0.1, 0.15) is 5.82 Å². The molecule has 1 aromatic carbocycles. The zero-order valence-corrected chi connectivity index (χ0v) is 11.8. The lowest BCUT2D eigenvalue weighted by Crippen LogP contribution is -2.39. The van der Waals surface area contributed by atoms with Crippen molar-refractivity contribution in [3.63, 3.8) is 0 Å². The first-order chi connectivity index (χ1) is 9.65. The quantitative estimate of drug-likeness (QED) is 0.465. The predicted octanol–water partition coefficient (Wildman–Crippen LogP) is 1.10. The Balaban J connectivity index is 2.24. The minimum atomic E-state index is -0.265. The van der Waals surface area contributed by atoms with Crippen LogP contribution in [0.5, 0.6) is 0 Å². The van der Waals surface area contributed by atoms with Crippen LogP contribution in [0.4, 0.5) is 4.39 Å². The van der Waals surface area contributed by atoms with E-state index in [0.29, 0.717) is 19.0 Å². The highest BCUT2D eigenvalue weighted by Gasteiger charge is 2.01. The van der Waals surface area contributed by atoms with E-state index in [1.807, 2.05) is 0 Å². The van der Waals surface area contributed by atoms with Gasteiger partial charge in [0.05, 0.1) is 13.5 Å². The third-order valence-corrected chi connectivity index (χ3v) is 2.69. The summed E-state index contributed by atoms with van der Waals surface area (Å²) in [5.41, 5.74) is 1.05. The number of nitrogens with one attached hydrogen (secondary N) is 2. The summed E-state index contributed by atoms with van der Waals surface area (Å²) in [6, 6.07) is 6.40. The molecule has 0 spiro atoms. The predicted molar refractivity (Wildman–Crippen MR) is 76.1 cm³/mol. The van der Waals surface area contributed by atoms with E-state index < -0.39 is 0 Å². The SMILES string of the molecule is CN=C(NCCC(=O)OC)NCCc1ccc(F)cc1. The Kier molecular flexibility index (Phi) is 7.10. The number of hydrogen-bond donors (Lipinski definition) is 2. The molecule has 2 N–H and O–H groups in total. The Labute approximate surface area is 118 Å². The standard InChI is InChI=1S/C14H20FN3O2/c1-16-14(18-10-8-13(19)20-2)17-9-7-11-3-5-12(15)6-4-11/h3-6H,7-10H2,1-2H3,(H2,16,17,18). The topological polar surface area (TPSA) is 62.7 Å². The lowest BCUT2D eigenvalue weighted by Gasteiger charge is -2.11. The highest BCUT2D eigenvalue weighted by atomic mass is 19.1. The molecule has 1 rings (SSSR count). The van der Waals surface area contributed by atoms with E-state index in [1.54, 1.807) is 19.2 Å². The molecule has 0 saturated carbocycles. The summed E-state index contributed by atoms with van der Waals surface area (Å²) in [6.07, 6.45) is 1.05. The Bertz CT molecular complexity index is 446. The van der Waals surface area contributed by atoms with Crippen molar-refractivity contribution >= 4 is 11.9 Å². The zero-order valence-electron chi connectivity index (χ0n) is 11.8. The molecule has 0 saturated heterocycles. The molecule has 6 heteroatoms. The number of carbonyl (C=O) groups is 1. The number of esters is 1. The molecule has 0 aliphatic rings. The van der Waals surface area contributed by atoms with Gasteiger partial charge in [0.25, 0.3) is 0 Å². The first-order valence-corrected chi connectivity index (χ1v) is 6.41. The molecular formula is C14H20FN3O2. The molecule has 20 heavy (non-hydrogen) atoms. The van der Waals surface area contributed by atoms with Crippen molar-refractivity contribution in [3.05, 3.63) is 35.6 Å². The van der Waals surface area contributed by atoms with E-state index in [2.05, 4.69) is 20.4 Å². The molecule has 0 aliphatic carbocycles. The molecule has 0 fully saturated rings. The zero-order chi connectivity index (χ0) is 14.8. The number of rotatable bonds is 6. The van der Waals surface area contributed by atoms with Crippen molar-refractivity contribution in [1.82, 2.24) is 10.6 Å². The second-order valence-electron chi connectivity index (χ2n) is 4.13. The minimum Gasteiger partial charge on any atom is -0.469 e. The van der Waals surface area contributed by atoms with Crippen LogP contribution in [-0.2, 0) is 16.0 Å². The third-order valence-electron chi connectivity index (χ3n) is 2.69. The van der Waals surface area contributed by atoms with E-state index in [-0.39, 0.29) is 18.2 Å². The highest BCUT2D eigenvalue weighted by Crippen LogP contribution is 2.02. The molecule has 0 heterocycles. The Morgan fingerprint density at radius 3 is 2.50 bits per heavy atom. The summed E-state index contributed by atoms with van der Waals surface area (Å²) in [5, 5.41) is 6.13. The second kappa shape index (κ2) is 8.90. The van der Waals surface area contributed by atoms with Crippen molar-refractivity contribution in [2.45, 2.75) is 12.8 Å². The van der Waals surface area contributed by atoms with Crippen LogP contribution >= 0.6 is 0 Å². The van der Waals surface area contributed by atoms with Gasteiger partial charge in [-0.15, -0.1) is 0 Å². The summed E-state index contributed by atoms with van der Waals surface area (Å²) in [7, 11) is 3.02. The lowest BCUT2D eigenvalue weighted by atomic mass is 10.1. The van der Waals surface area contributed by atoms with Crippen LogP contribution < -0.4 is 10.6 Å². The molecule has 5 nitrogen and oxygen atoms in total. The molecule has 0 unspecified atom stereocenters. The Morgan fingerprint density at radius 2 is 1.90 bits per heavy atom. The van der Waals surface area contributed by atoms with Crippen molar-refractivity contribution in [3.8, 4) is 0 Å². The molecule has 0 aromatic heterocycles. The van der Waals surface area contributed by atoms with Gasteiger partial charge in [-0.3, -0.25) is 9.79 Å². The number of ether oxygens (including phenoxy) is 1. The molecule has 0 atom stereocenters. The summed E-state index contributed by atoms with van der Waals surface area (Å²) in [4.78, 5) is 15.0. The summed E-state index contributed by atoms with van der Waals surface area (Å²) in [5.74, 6) is 0.122. The third kappa shape index (κ3) is 6.17. The van der Waals surface area contributed by atoms with Gasteiger partial charge in [-0.25, -0.2) is 4.39 Å². The van der Waals surface area contributed by atoms with Gasteiger partial charge in [-0.2, -0.15) is 0 Å². The number of halogens is 1. The maximum absolute atomic E-state index is 12.7. The van der Waals surface area contributed by atoms with Gasteiger partial charge in [0, 0.05) is 20.1 Å². The maximum atomic E-state index is 12.7. The molecule has 0 amide bonds. The summed E-state index contributed by atoms with van der Waals surface area (Å²) >= 11 is 0. The number of carbonyl (C=O) groups excluding carboxylic acids is 1. The van der Waals surface area contributed by atoms with Crippen LogP contribution in [0.3, 0.4) is 0 Å². The van der Waals surface area contributed by atoms with Crippen LogP contribution in [0, 0.1) is 5.82 Å². The van der Waals surface area contributed by atoms with Crippen LogP contribution in [0.2, 0.25) is 0 Å². The fourth-order valence-corrected chi connectivity index (χ4v) is 1.58. The fourth-order valence-electron chi connectivity index (χ4n) is 1.58. The van der Waals surface area contributed by atoms with Crippen LogP contribution in [0.1, 0.15) is 12.0 Å².